The van der Waals surface area contributed by atoms with Crippen LogP contribution in [-0.2, 0) is 0 Å². The van der Waals surface area contributed by atoms with E-state index in [9.17, 15) is 19.3 Å². The van der Waals surface area contributed by atoms with Crippen molar-refractivity contribution in [1.82, 2.24) is 9.80 Å². The fourth-order valence-electron chi connectivity index (χ4n) is 2.50. The van der Waals surface area contributed by atoms with Crippen LogP contribution in [0.3, 0.4) is 0 Å². The molecule has 1 aromatic rings. The van der Waals surface area contributed by atoms with Crippen LogP contribution in [0.1, 0.15) is 23.7 Å². The maximum absolute atomic E-state index is 13.3. The first-order valence-corrected chi connectivity index (χ1v) is 6.98. The molecule has 0 aromatic heterocycles. The zero-order valence-electron chi connectivity index (χ0n) is 11.9. The lowest BCUT2D eigenvalue weighted by atomic mass is 10.1. The Bertz CT molecular complexity index is 542. The van der Waals surface area contributed by atoms with Gasteiger partial charge >= 0.3 is 0 Å². The van der Waals surface area contributed by atoms with Crippen molar-refractivity contribution in [2.45, 2.75) is 13.3 Å². The molecule has 7 heteroatoms. The Labute approximate surface area is 122 Å². The van der Waals surface area contributed by atoms with E-state index in [2.05, 4.69) is 11.8 Å². The number of nitro benzene ring substituents is 1. The van der Waals surface area contributed by atoms with Crippen LogP contribution in [0, 0.1) is 15.9 Å². The van der Waals surface area contributed by atoms with Crippen molar-refractivity contribution >= 4 is 11.6 Å². The second kappa shape index (κ2) is 6.62. The van der Waals surface area contributed by atoms with Gasteiger partial charge in [-0.05, 0) is 25.1 Å². The Morgan fingerprint density at radius 3 is 2.57 bits per heavy atom. The largest absolute Gasteiger partial charge is 0.336 e. The van der Waals surface area contributed by atoms with Crippen LogP contribution < -0.4 is 0 Å². The number of nitro groups is 1. The number of piperazine rings is 1. The minimum atomic E-state index is -0.653. The Hall–Kier alpha value is -2.02. The first kappa shape index (κ1) is 15.4. The van der Waals surface area contributed by atoms with E-state index in [0.29, 0.717) is 13.1 Å². The zero-order chi connectivity index (χ0) is 15.4. The highest BCUT2D eigenvalue weighted by molar-refractivity contribution is 5.98. The number of amides is 1. The Morgan fingerprint density at radius 2 is 2.00 bits per heavy atom. The van der Waals surface area contributed by atoms with Crippen LogP contribution in [0.2, 0.25) is 0 Å². The average molecular weight is 295 g/mol. The van der Waals surface area contributed by atoms with E-state index in [1.54, 1.807) is 4.90 Å². The standard InChI is InChI=1S/C14H18FN3O3/c1-2-5-16-6-8-17(9-7-16)14(19)12-10-11(15)3-4-13(12)18(20)21/h3-4,10H,2,5-9H2,1H3. The Balaban J connectivity index is 2.14. The second-order valence-corrected chi connectivity index (χ2v) is 5.05. The molecule has 1 aromatic carbocycles. The van der Waals surface area contributed by atoms with E-state index in [-0.39, 0.29) is 11.3 Å². The number of rotatable bonds is 4. The molecule has 0 radical (unpaired) electrons. The van der Waals surface area contributed by atoms with Gasteiger partial charge in [0.2, 0.25) is 0 Å². The monoisotopic (exact) mass is 295 g/mol. The molecule has 1 aliphatic rings. The fraction of sp³-hybridized carbons (Fsp3) is 0.500. The summed E-state index contributed by atoms with van der Waals surface area (Å²) in [7, 11) is 0. The van der Waals surface area contributed by atoms with Gasteiger partial charge in [-0.1, -0.05) is 6.92 Å². The van der Waals surface area contributed by atoms with Gasteiger partial charge in [0.15, 0.2) is 0 Å². The molecule has 0 atom stereocenters. The molecule has 0 spiro atoms. The maximum Gasteiger partial charge on any atom is 0.282 e. The van der Waals surface area contributed by atoms with Crippen LogP contribution in [-0.4, -0.2) is 53.4 Å². The highest BCUT2D eigenvalue weighted by Crippen LogP contribution is 2.22. The number of hydrogen-bond donors (Lipinski definition) is 0. The lowest BCUT2D eigenvalue weighted by molar-refractivity contribution is -0.385. The molecule has 0 aliphatic carbocycles. The van der Waals surface area contributed by atoms with E-state index < -0.39 is 16.6 Å². The topological polar surface area (TPSA) is 66.7 Å². The highest BCUT2D eigenvalue weighted by atomic mass is 19.1. The predicted molar refractivity (Wildman–Crippen MR) is 75.7 cm³/mol. The molecule has 0 bridgehead atoms. The summed E-state index contributed by atoms with van der Waals surface area (Å²) in [6, 6.07) is 2.98. The van der Waals surface area contributed by atoms with E-state index in [4.69, 9.17) is 0 Å². The summed E-state index contributed by atoms with van der Waals surface area (Å²) in [5.74, 6) is -1.12. The molecular weight excluding hydrogens is 277 g/mol. The molecule has 1 heterocycles. The minimum absolute atomic E-state index is 0.177. The van der Waals surface area contributed by atoms with Crippen LogP contribution >= 0.6 is 0 Å². The Kier molecular flexibility index (Phi) is 4.85. The van der Waals surface area contributed by atoms with Gasteiger partial charge in [0.1, 0.15) is 11.4 Å². The van der Waals surface area contributed by atoms with Gasteiger partial charge in [0.25, 0.3) is 11.6 Å². The summed E-state index contributed by atoms with van der Waals surface area (Å²) >= 11 is 0. The third kappa shape index (κ3) is 3.55. The van der Waals surface area contributed by atoms with Crippen molar-refractivity contribution in [2.75, 3.05) is 32.7 Å². The summed E-state index contributed by atoms with van der Waals surface area (Å²) in [5.41, 5.74) is -0.527. The van der Waals surface area contributed by atoms with Gasteiger partial charge in [-0.15, -0.1) is 0 Å². The van der Waals surface area contributed by atoms with Crippen molar-refractivity contribution in [1.29, 1.82) is 0 Å². The summed E-state index contributed by atoms with van der Waals surface area (Å²) < 4.78 is 13.3. The fourth-order valence-corrected chi connectivity index (χ4v) is 2.50. The van der Waals surface area contributed by atoms with E-state index in [1.165, 1.54) is 0 Å². The summed E-state index contributed by atoms with van der Waals surface area (Å²) in [5, 5.41) is 11.0. The number of carbonyl (C=O) groups is 1. The molecule has 1 amide bonds. The first-order chi connectivity index (χ1) is 10.0. The molecule has 1 fully saturated rings. The smallest absolute Gasteiger partial charge is 0.282 e. The lowest BCUT2D eigenvalue weighted by Crippen LogP contribution is -2.48. The van der Waals surface area contributed by atoms with E-state index in [0.717, 1.165) is 44.3 Å². The molecule has 0 saturated carbocycles. The lowest BCUT2D eigenvalue weighted by Gasteiger charge is -2.34. The SMILES string of the molecule is CCCN1CCN(C(=O)c2cc(F)ccc2[N+](=O)[O-])CC1. The van der Waals surface area contributed by atoms with E-state index >= 15 is 0 Å². The normalized spacial score (nSPS) is 16.0. The van der Waals surface area contributed by atoms with Crippen molar-refractivity contribution in [3.05, 3.63) is 39.7 Å². The van der Waals surface area contributed by atoms with Crippen molar-refractivity contribution in [2.24, 2.45) is 0 Å². The number of nitrogens with zero attached hydrogens (tertiary/aromatic N) is 3. The quantitative estimate of drug-likeness (QED) is 0.628. The van der Waals surface area contributed by atoms with Gasteiger partial charge in [-0.25, -0.2) is 4.39 Å². The van der Waals surface area contributed by atoms with Crippen molar-refractivity contribution in [3.8, 4) is 0 Å². The van der Waals surface area contributed by atoms with Crippen LogP contribution in [0.5, 0.6) is 0 Å². The maximum atomic E-state index is 13.3. The summed E-state index contributed by atoms with van der Waals surface area (Å²) in [6.07, 6.45) is 1.04. The van der Waals surface area contributed by atoms with Crippen LogP contribution in [0.25, 0.3) is 0 Å². The van der Waals surface area contributed by atoms with Crippen molar-refractivity contribution in [3.63, 3.8) is 0 Å². The number of benzene rings is 1. The zero-order valence-corrected chi connectivity index (χ0v) is 11.9. The van der Waals surface area contributed by atoms with Gasteiger partial charge < -0.3 is 4.90 Å². The summed E-state index contributed by atoms with van der Waals surface area (Å²) in [4.78, 5) is 26.5. The minimum Gasteiger partial charge on any atom is -0.336 e. The molecule has 1 aliphatic heterocycles. The van der Waals surface area contributed by atoms with Crippen LogP contribution in [0.4, 0.5) is 10.1 Å². The number of hydrogen-bond acceptors (Lipinski definition) is 4. The molecule has 0 unspecified atom stereocenters. The second-order valence-electron chi connectivity index (χ2n) is 5.05. The van der Waals surface area contributed by atoms with Crippen molar-refractivity contribution < 1.29 is 14.1 Å². The summed E-state index contributed by atoms with van der Waals surface area (Å²) in [6.45, 7) is 5.56. The molecule has 114 valence electrons. The number of carbonyl (C=O) groups excluding carboxylic acids is 1. The molecule has 1 saturated heterocycles. The van der Waals surface area contributed by atoms with Crippen LogP contribution in [0.15, 0.2) is 18.2 Å². The Morgan fingerprint density at radius 1 is 1.33 bits per heavy atom. The highest BCUT2D eigenvalue weighted by Gasteiger charge is 2.27. The van der Waals surface area contributed by atoms with E-state index in [1.807, 2.05) is 0 Å². The molecule has 0 N–H and O–H groups in total. The molecule has 2 rings (SSSR count). The average Bonchev–Trinajstić information content (AvgIpc) is 2.47. The van der Waals surface area contributed by atoms with Gasteiger partial charge in [0, 0.05) is 32.2 Å². The third-order valence-electron chi connectivity index (χ3n) is 3.59. The van der Waals surface area contributed by atoms with Gasteiger partial charge in [-0.3, -0.25) is 19.8 Å². The predicted octanol–water partition coefficient (Wildman–Crippen LogP) is 1.90. The molecule has 6 nitrogen and oxygen atoms in total. The molecular formula is C14H18FN3O3. The first-order valence-electron chi connectivity index (χ1n) is 6.98. The van der Waals surface area contributed by atoms with Gasteiger partial charge in [0.05, 0.1) is 4.92 Å². The third-order valence-corrected chi connectivity index (χ3v) is 3.59. The number of halogens is 1. The van der Waals surface area contributed by atoms with Gasteiger partial charge in [-0.2, -0.15) is 0 Å². The molecule has 21 heavy (non-hydrogen) atoms.